The van der Waals surface area contributed by atoms with Crippen LogP contribution in [0.5, 0.6) is 0 Å². The Labute approximate surface area is 60.1 Å². The second-order valence-corrected chi connectivity index (χ2v) is 2.32. The van der Waals surface area contributed by atoms with Crippen molar-refractivity contribution >= 4 is 5.69 Å². The summed E-state index contributed by atoms with van der Waals surface area (Å²) in [7, 11) is 3.80. The maximum Gasteiger partial charge on any atom is 0.203 e. The van der Waals surface area contributed by atoms with Crippen molar-refractivity contribution in [1.82, 2.24) is 0 Å². The number of nitrogens with zero attached hydrogens (tertiary/aromatic N) is 2. The molecule has 0 atom stereocenters. The third kappa shape index (κ3) is 1.37. The van der Waals surface area contributed by atoms with Crippen LogP contribution in [0.4, 0.5) is 5.69 Å². The summed E-state index contributed by atoms with van der Waals surface area (Å²) in [6.07, 6.45) is 2.99. The number of rotatable bonds is 1. The maximum atomic E-state index is 10.7. The van der Waals surface area contributed by atoms with Crippen molar-refractivity contribution in [1.29, 1.82) is 0 Å². The highest BCUT2D eigenvalue weighted by atomic mass is 16.5. The van der Waals surface area contributed by atoms with Gasteiger partial charge in [-0.05, 0) is 6.07 Å². The van der Waals surface area contributed by atoms with Crippen LogP contribution in [0.15, 0.2) is 24.5 Å². The quantitative estimate of drug-likeness (QED) is 0.415. The van der Waals surface area contributed by atoms with E-state index in [4.69, 9.17) is 0 Å². The van der Waals surface area contributed by atoms with Gasteiger partial charge in [-0.25, -0.2) is 0 Å². The molecule has 0 spiro atoms. The summed E-state index contributed by atoms with van der Waals surface area (Å²) in [6, 6.07) is 3.61. The maximum absolute atomic E-state index is 10.7. The van der Waals surface area contributed by atoms with E-state index in [9.17, 15) is 5.21 Å². The summed E-state index contributed by atoms with van der Waals surface area (Å²) in [4.78, 5) is 1.88. The van der Waals surface area contributed by atoms with Crippen molar-refractivity contribution in [3.63, 3.8) is 0 Å². The zero-order valence-corrected chi connectivity index (χ0v) is 6.11. The highest BCUT2D eigenvalue weighted by Gasteiger charge is 1.96. The molecule has 0 N–H and O–H groups in total. The average molecular weight is 138 g/mol. The van der Waals surface area contributed by atoms with Crippen LogP contribution in [0.2, 0.25) is 0 Å². The summed E-state index contributed by atoms with van der Waals surface area (Å²) in [5, 5.41) is 10.7. The Morgan fingerprint density at radius 2 is 2.20 bits per heavy atom. The first-order valence-corrected chi connectivity index (χ1v) is 3.06. The molecule has 0 bridgehead atoms. The lowest BCUT2D eigenvalue weighted by atomic mass is 10.4. The first-order valence-electron chi connectivity index (χ1n) is 3.06. The van der Waals surface area contributed by atoms with Gasteiger partial charge in [-0.2, -0.15) is 4.73 Å². The Hall–Kier alpha value is -1.25. The largest absolute Gasteiger partial charge is 0.619 e. The normalized spacial score (nSPS) is 9.40. The fourth-order valence-corrected chi connectivity index (χ4v) is 0.707. The molecule has 1 aromatic rings. The van der Waals surface area contributed by atoms with Crippen LogP contribution in [0, 0.1) is 5.21 Å². The molecular formula is C7H10N2O. The number of hydrogen-bond donors (Lipinski definition) is 0. The number of pyridine rings is 1. The van der Waals surface area contributed by atoms with Gasteiger partial charge >= 0.3 is 0 Å². The van der Waals surface area contributed by atoms with Gasteiger partial charge in [0.25, 0.3) is 0 Å². The SMILES string of the molecule is CN(C)c1ccc[n+]([O-])c1. The molecule has 0 fully saturated rings. The summed E-state index contributed by atoms with van der Waals surface area (Å²) in [6.45, 7) is 0. The number of anilines is 1. The van der Waals surface area contributed by atoms with E-state index in [0.717, 1.165) is 10.4 Å². The van der Waals surface area contributed by atoms with Crippen LogP contribution in [-0.2, 0) is 0 Å². The Kier molecular flexibility index (Phi) is 1.76. The molecule has 0 aliphatic heterocycles. The van der Waals surface area contributed by atoms with Crippen molar-refractivity contribution in [3.8, 4) is 0 Å². The zero-order valence-electron chi connectivity index (χ0n) is 6.11. The van der Waals surface area contributed by atoms with Crippen molar-refractivity contribution in [3.05, 3.63) is 29.7 Å². The Morgan fingerprint density at radius 3 is 2.60 bits per heavy atom. The minimum absolute atomic E-state index is 0.787. The van der Waals surface area contributed by atoms with E-state index in [0.29, 0.717) is 0 Å². The van der Waals surface area contributed by atoms with Crippen LogP contribution in [0.3, 0.4) is 0 Å². The molecule has 3 nitrogen and oxygen atoms in total. The van der Waals surface area contributed by atoms with Gasteiger partial charge in [0.1, 0.15) is 5.69 Å². The van der Waals surface area contributed by atoms with Crippen molar-refractivity contribution in [2.24, 2.45) is 0 Å². The van der Waals surface area contributed by atoms with Gasteiger partial charge in [-0.1, -0.05) is 0 Å². The number of hydrogen-bond acceptors (Lipinski definition) is 2. The first kappa shape index (κ1) is 6.86. The molecule has 0 aliphatic rings. The van der Waals surface area contributed by atoms with Gasteiger partial charge in [0.05, 0.1) is 0 Å². The Morgan fingerprint density at radius 1 is 1.50 bits per heavy atom. The lowest BCUT2D eigenvalue weighted by molar-refractivity contribution is -0.604. The highest BCUT2D eigenvalue weighted by molar-refractivity contribution is 5.39. The van der Waals surface area contributed by atoms with Crippen LogP contribution in [0.1, 0.15) is 0 Å². The molecule has 1 rings (SSSR count). The van der Waals surface area contributed by atoms with Crippen LogP contribution < -0.4 is 9.63 Å². The minimum Gasteiger partial charge on any atom is -0.619 e. The van der Waals surface area contributed by atoms with Gasteiger partial charge < -0.3 is 10.1 Å². The molecule has 0 saturated heterocycles. The lowest BCUT2D eigenvalue weighted by Gasteiger charge is -2.09. The molecule has 0 amide bonds. The molecule has 1 aromatic heterocycles. The molecule has 0 radical (unpaired) electrons. The predicted molar refractivity (Wildman–Crippen MR) is 39.7 cm³/mol. The lowest BCUT2D eigenvalue weighted by Crippen LogP contribution is -2.26. The summed E-state index contributed by atoms with van der Waals surface area (Å²) in [5.74, 6) is 0. The van der Waals surface area contributed by atoms with Gasteiger partial charge in [0, 0.05) is 20.2 Å². The van der Waals surface area contributed by atoms with Crippen LogP contribution in [0.25, 0.3) is 0 Å². The van der Waals surface area contributed by atoms with Crippen LogP contribution in [-0.4, -0.2) is 14.1 Å². The molecule has 0 aliphatic carbocycles. The molecular weight excluding hydrogens is 128 g/mol. The second-order valence-electron chi connectivity index (χ2n) is 2.32. The van der Waals surface area contributed by atoms with Crippen molar-refractivity contribution < 1.29 is 4.73 Å². The molecule has 3 heteroatoms. The van der Waals surface area contributed by atoms with E-state index in [1.54, 1.807) is 6.07 Å². The molecule has 10 heavy (non-hydrogen) atoms. The van der Waals surface area contributed by atoms with Gasteiger partial charge in [-0.15, -0.1) is 0 Å². The molecule has 0 saturated carbocycles. The van der Waals surface area contributed by atoms with Crippen molar-refractivity contribution in [2.45, 2.75) is 0 Å². The first-order chi connectivity index (χ1) is 4.70. The smallest absolute Gasteiger partial charge is 0.203 e. The van der Waals surface area contributed by atoms with Gasteiger partial charge in [0.15, 0.2) is 6.20 Å². The van der Waals surface area contributed by atoms with E-state index in [2.05, 4.69) is 0 Å². The van der Waals surface area contributed by atoms with E-state index in [1.807, 2.05) is 25.1 Å². The molecule has 0 unspecified atom stereocenters. The van der Waals surface area contributed by atoms with E-state index in [1.165, 1.54) is 12.4 Å². The van der Waals surface area contributed by atoms with Crippen molar-refractivity contribution in [2.75, 3.05) is 19.0 Å². The Balaban J connectivity index is 2.96. The third-order valence-corrected chi connectivity index (χ3v) is 1.28. The van der Waals surface area contributed by atoms with Gasteiger partial charge in [-0.3, -0.25) is 0 Å². The molecule has 1 heterocycles. The van der Waals surface area contributed by atoms with Gasteiger partial charge in [0.2, 0.25) is 6.20 Å². The molecule has 0 aromatic carbocycles. The third-order valence-electron chi connectivity index (χ3n) is 1.28. The number of aromatic nitrogens is 1. The van der Waals surface area contributed by atoms with E-state index < -0.39 is 0 Å². The molecule has 54 valence electrons. The van der Waals surface area contributed by atoms with E-state index >= 15 is 0 Å². The summed E-state index contributed by atoms with van der Waals surface area (Å²) < 4.78 is 0.787. The fourth-order valence-electron chi connectivity index (χ4n) is 0.707. The summed E-state index contributed by atoms with van der Waals surface area (Å²) in [5.41, 5.74) is 0.914. The average Bonchev–Trinajstić information content (AvgIpc) is 1.88. The van der Waals surface area contributed by atoms with Crippen LogP contribution >= 0.6 is 0 Å². The zero-order chi connectivity index (χ0) is 7.56. The standard InChI is InChI=1S/C7H10N2O/c1-8(2)7-4-3-5-9(10)6-7/h3-6H,1-2H3. The highest BCUT2D eigenvalue weighted by Crippen LogP contribution is 2.04. The van der Waals surface area contributed by atoms with E-state index in [-0.39, 0.29) is 0 Å². The fraction of sp³-hybridized carbons (Fsp3) is 0.286. The second kappa shape index (κ2) is 2.56. The topological polar surface area (TPSA) is 30.2 Å². The Bertz CT molecular complexity index is 223. The summed E-state index contributed by atoms with van der Waals surface area (Å²) >= 11 is 0. The predicted octanol–water partition coefficient (Wildman–Crippen LogP) is 0.386. The minimum atomic E-state index is 0.787. The monoisotopic (exact) mass is 138 g/mol.